The molecular formula is C14H12N2O2S. The number of fused-ring (bicyclic) bond motifs is 1. The predicted octanol–water partition coefficient (Wildman–Crippen LogP) is 2.72. The Labute approximate surface area is 112 Å². The van der Waals surface area contributed by atoms with Crippen LogP contribution in [0.15, 0.2) is 57.8 Å². The molecule has 1 atom stereocenters. The summed E-state index contributed by atoms with van der Waals surface area (Å²) in [5.74, 6) is 0.688. The van der Waals surface area contributed by atoms with E-state index in [0.717, 1.165) is 4.90 Å². The van der Waals surface area contributed by atoms with Gasteiger partial charge in [-0.1, -0.05) is 24.3 Å². The fourth-order valence-electron chi connectivity index (χ4n) is 1.85. The molecule has 3 rings (SSSR count). The van der Waals surface area contributed by atoms with Gasteiger partial charge in [-0.05, 0) is 24.3 Å². The average Bonchev–Trinajstić information content (AvgIpc) is 2.84. The van der Waals surface area contributed by atoms with E-state index < -0.39 is 10.8 Å². The van der Waals surface area contributed by atoms with Crippen LogP contribution in [-0.4, -0.2) is 9.19 Å². The number of benzene rings is 2. The lowest BCUT2D eigenvalue weighted by Gasteiger charge is -1.97. The van der Waals surface area contributed by atoms with E-state index in [2.05, 4.69) is 4.98 Å². The first-order valence-corrected chi connectivity index (χ1v) is 7.13. The van der Waals surface area contributed by atoms with Crippen molar-refractivity contribution in [3.8, 4) is 0 Å². The second-order valence-electron chi connectivity index (χ2n) is 4.10. The standard InChI is InChI=1S/C14H12N2O2S/c15-11-7-4-8-12-14(11)16-13(18-12)9-19(17)10-5-2-1-3-6-10/h1-8H,9,15H2. The van der Waals surface area contributed by atoms with Crippen molar-refractivity contribution >= 4 is 27.6 Å². The molecule has 1 aromatic heterocycles. The second kappa shape index (κ2) is 4.85. The highest BCUT2D eigenvalue weighted by molar-refractivity contribution is 7.84. The summed E-state index contributed by atoms with van der Waals surface area (Å²) in [7, 11) is -1.16. The maximum absolute atomic E-state index is 12.2. The molecule has 1 heterocycles. The van der Waals surface area contributed by atoms with Gasteiger partial charge in [0.15, 0.2) is 5.58 Å². The number of hydrogen-bond donors (Lipinski definition) is 1. The Morgan fingerprint density at radius 3 is 2.63 bits per heavy atom. The first-order valence-electron chi connectivity index (χ1n) is 5.81. The Morgan fingerprint density at radius 1 is 1.11 bits per heavy atom. The summed E-state index contributed by atoms with van der Waals surface area (Å²) in [5, 5.41) is 0. The van der Waals surface area contributed by atoms with Crippen molar-refractivity contribution in [3.05, 3.63) is 54.4 Å². The Bertz CT molecular complexity index is 738. The fourth-order valence-corrected chi connectivity index (χ4v) is 2.82. The molecule has 0 radical (unpaired) electrons. The van der Waals surface area contributed by atoms with E-state index in [4.69, 9.17) is 10.2 Å². The predicted molar refractivity (Wildman–Crippen MR) is 75.0 cm³/mol. The van der Waals surface area contributed by atoms with Gasteiger partial charge in [-0.3, -0.25) is 4.21 Å². The SMILES string of the molecule is Nc1cccc2oc(CS(=O)c3ccccc3)nc12. The van der Waals surface area contributed by atoms with E-state index >= 15 is 0 Å². The van der Waals surface area contributed by atoms with E-state index in [9.17, 15) is 4.21 Å². The Balaban J connectivity index is 1.90. The maximum atomic E-state index is 12.2. The summed E-state index contributed by atoms with van der Waals surface area (Å²) >= 11 is 0. The Morgan fingerprint density at radius 2 is 1.89 bits per heavy atom. The van der Waals surface area contributed by atoms with Crippen LogP contribution in [0.3, 0.4) is 0 Å². The van der Waals surface area contributed by atoms with Gasteiger partial charge in [0.25, 0.3) is 0 Å². The molecule has 5 heteroatoms. The van der Waals surface area contributed by atoms with Gasteiger partial charge in [-0.25, -0.2) is 4.98 Å². The fraction of sp³-hybridized carbons (Fsp3) is 0.0714. The molecule has 96 valence electrons. The largest absolute Gasteiger partial charge is 0.440 e. The lowest BCUT2D eigenvalue weighted by molar-refractivity contribution is 0.552. The first-order chi connectivity index (χ1) is 9.24. The van der Waals surface area contributed by atoms with Crippen LogP contribution < -0.4 is 5.73 Å². The molecule has 2 N–H and O–H groups in total. The summed E-state index contributed by atoms with van der Waals surface area (Å²) < 4.78 is 17.7. The zero-order valence-electron chi connectivity index (χ0n) is 10.1. The zero-order chi connectivity index (χ0) is 13.2. The average molecular weight is 272 g/mol. The lowest BCUT2D eigenvalue weighted by atomic mass is 10.3. The van der Waals surface area contributed by atoms with Crippen molar-refractivity contribution in [2.75, 3.05) is 5.73 Å². The van der Waals surface area contributed by atoms with Crippen LogP contribution >= 0.6 is 0 Å². The summed E-state index contributed by atoms with van der Waals surface area (Å²) in [5.41, 5.74) is 7.63. The van der Waals surface area contributed by atoms with Crippen LogP contribution in [0.4, 0.5) is 5.69 Å². The highest BCUT2D eigenvalue weighted by Crippen LogP contribution is 2.22. The molecule has 0 bridgehead atoms. The smallest absolute Gasteiger partial charge is 0.208 e. The number of aromatic nitrogens is 1. The third-order valence-corrected chi connectivity index (χ3v) is 4.06. The van der Waals surface area contributed by atoms with E-state index in [1.54, 1.807) is 18.2 Å². The van der Waals surface area contributed by atoms with Crippen LogP contribution in [0.2, 0.25) is 0 Å². The number of oxazole rings is 1. The monoisotopic (exact) mass is 272 g/mol. The van der Waals surface area contributed by atoms with Crippen molar-refractivity contribution < 1.29 is 8.63 Å². The number of nitrogens with two attached hydrogens (primary N) is 1. The van der Waals surface area contributed by atoms with Gasteiger partial charge in [0.2, 0.25) is 5.89 Å². The number of nitrogens with zero attached hydrogens (tertiary/aromatic N) is 1. The molecule has 0 saturated carbocycles. The summed E-state index contributed by atoms with van der Waals surface area (Å²) in [6.45, 7) is 0. The third kappa shape index (κ3) is 2.37. The number of anilines is 1. The van der Waals surface area contributed by atoms with Crippen molar-refractivity contribution in [1.82, 2.24) is 4.98 Å². The first kappa shape index (κ1) is 11.9. The maximum Gasteiger partial charge on any atom is 0.208 e. The van der Waals surface area contributed by atoms with Crippen LogP contribution in [-0.2, 0) is 16.6 Å². The molecular weight excluding hydrogens is 260 g/mol. The molecule has 0 amide bonds. The van der Waals surface area contributed by atoms with Gasteiger partial charge in [0.05, 0.1) is 16.5 Å². The zero-order valence-corrected chi connectivity index (χ0v) is 10.9. The highest BCUT2D eigenvalue weighted by Gasteiger charge is 2.12. The summed E-state index contributed by atoms with van der Waals surface area (Å²) in [6, 6.07) is 14.6. The molecule has 4 nitrogen and oxygen atoms in total. The highest BCUT2D eigenvalue weighted by atomic mass is 32.2. The van der Waals surface area contributed by atoms with Gasteiger partial charge in [-0.15, -0.1) is 0 Å². The molecule has 0 spiro atoms. The van der Waals surface area contributed by atoms with Crippen molar-refractivity contribution in [2.45, 2.75) is 10.6 Å². The van der Waals surface area contributed by atoms with E-state index in [0.29, 0.717) is 22.7 Å². The molecule has 0 aliphatic heterocycles. The molecule has 0 saturated heterocycles. The second-order valence-corrected chi connectivity index (χ2v) is 5.56. The van der Waals surface area contributed by atoms with Gasteiger partial charge in [0.1, 0.15) is 11.3 Å². The number of nitrogen functional groups attached to an aromatic ring is 1. The van der Waals surface area contributed by atoms with E-state index in [1.807, 2.05) is 30.3 Å². The number of para-hydroxylation sites is 1. The Hall–Kier alpha value is -2.14. The molecule has 3 aromatic rings. The normalized spacial score (nSPS) is 12.6. The van der Waals surface area contributed by atoms with Gasteiger partial charge in [-0.2, -0.15) is 0 Å². The minimum absolute atomic E-state index is 0.248. The van der Waals surface area contributed by atoms with Gasteiger partial charge < -0.3 is 10.2 Å². The third-order valence-electron chi connectivity index (χ3n) is 2.76. The molecule has 1 unspecified atom stereocenters. The number of rotatable bonds is 3. The molecule has 0 fully saturated rings. The molecule has 0 aliphatic rings. The summed E-state index contributed by atoms with van der Waals surface area (Å²) in [6.07, 6.45) is 0. The molecule has 19 heavy (non-hydrogen) atoms. The van der Waals surface area contributed by atoms with Crippen molar-refractivity contribution in [1.29, 1.82) is 0 Å². The van der Waals surface area contributed by atoms with Crippen LogP contribution in [0.25, 0.3) is 11.1 Å². The minimum Gasteiger partial charge on any atom is -0.440 e. The van der Waals surface area contributed by atoms with Crippen LogP contribution in [0, 0.1) is 0 Å². The minimum atomic E-state index is -1.16. The lowest BCUT2D eigenvalue weighted by Crippen LogP contribution is -1.96. The Kier molecular flexibility index (Phi) is 3.05. The van der Waals surface area contributed by atoms with E-state index in [1.165, 1.54) is 0 Å². The van der Waals surface area contributed by atoms with Gasteiger partial charge in [0, 0.05) is 4.90 Å². The quantitative estimate of drug-likeness (QED) is 0.744. The molecule has 2 aromatic carbocycles. The van der Waals surface area contributed by atoms with E-state index in [-0.39, 0.29) is 5.75 Å². The van der Waals surface area contributed by atoms with Crippen molar-refractivity contribution in [2.24, 2.45) is 0 Å². The van der Waals surface area contributed by atoms with Crippen LogP contribution in [0.1, 0.15) is 5.89 Å². The topological polar surface area (TPSA) is 69.1 Å². The van der Waals surface area contributed by atoms with Gasteiger partial charge >= 0.3 is 0 Å². The number of hydrogen-bond acceptors (Lipinski definition) is 4. The summed E-state index contributed by atoms with van der Waals surface area (Å²) in [4.78, 5) is 5.05. The van der Waals surface area contributed by atoms with Crippen molar-refractivity contribution in [3.63, 3.8) is 0 Å². The molecule has 0 aliphatic carbocycles. The van der Waals surface area contributed by atoms with Crippen LogP contribution in [0.5, 0.6) is 0 Å².